The van der Waals surface area contributed by atoms with Gasteiger partial charge >= 0.3 is 0 Å². The number of piperazine rings is 1. The maximum absolute atomic E-state index is 5.88. The van der Waals surface area contributed by atoms with Crippen LogP contribution in [0.2, 0.25) is 5.02 Å². The molecule has 0 bridgehead atoms. The summed E-state index contributed by atoms with van der Waals surface area (Å²) < 4.78 is 18.3. The molecule has 0 spiro atoms. The first-order valence-corrected chi connectivity index (χ1v) is 9.91. The van der Waals surface area contributed by atoms with Crippen LogP contribution in [0.3, 0.4) is 0 Å². The van der Waals surface area contributed by atoms with E-state index in [1.165, 1.54) is 0 Å². The molecule has 0 radical (unpaired) electrons. The van der Waals surface area contributed by atoms with E-state index in [2.05, 4.69) is 14.9 Å². The summed E-state index contributed by atoms with van der Waals surface area (Å²) in [5.74, 6) is 1.83. The van der Waals surface area contributed by atoms with Crippen molar-refractivity contribution in [3.05, 3.63) is 52.5 Å². The van der Waals surface area contributed by atoms with Gasteiger partial charge in [0.1, 0.15) is 12.4 Å². The number of benzene rings is 1. The second kappa shape index (κ2) is 8.91. The highest BCUT2D eigenvalue weighted by Crippen LogP contribution is 2.18. The minimum atomic E-state index is 0.352. The van der Waals surface area contributed by atoms with Crippen molar-refractivity contribution >= 4 is 23.8 Å². The van der Waals surface area contributed by atoms with E-state index in [4.69, 9.17) is 37.4 Å². The maximum atomic E-state index is 5.88. The van der Waals surface area contributed by atoms with Gasteiger partial charge in [0.25, 0.3) is 10.7 Å². The Morgan fingerprint density at radius 1 is 1.07 bits per heavy atom. The molecule has 148 valence electrons. The summed E-state index contributed by atoms with van der Waals surface area (Å²) in [5.41, 5.74) is 0. The minimum Gasteiger partial charge on any atom is -0.492 e. The molecule has 1 aliphatic rings. The predicted octanol–water partition coefficient (Wildman–Crippen LogP) is 3.77. The molecule has 1 saturated heterocycles. The summed E-state index contributed by atoms with van der Waals surface area (Å²) in [7, 11) is 0. The third-order valence-electron chi connectivity index (χ3n) is 4.63. The first kappa shape index (κ1) is 19.2. The Morgan fingerprint density at radius 2 is 1.82 bits per heavy atom. The molecule has 3 heterocycles. The first-order valence-electron chi connectivity index (χ1n) is 9.12. The predicted molar refractivity (Wildman–Crippen MR) is 108 cm³/mol. The fourth-order valence-electron chi connectivity index (χ4n) is 3.06. The van der Waals surface area contributed by atoms with E-state index < -0.39 is 0 Å². The molecular weight excluding hydrogens is 400 g/mol. The Morgan fingerprint density at radius 3 is 2.54 bits per heavy atom. The third kappa shape index (κ3) is 4.82. The van der Waals surface area contributed by atoms with Crippen molar-refractivity contribution in [2.75, 3.05) is 39.3 Å². The molecule has 1 aromatic carbocycles. The molecule has 0 atom stereocenters. The Balaban J connectivity index is 1.22. The normalized spacial score (nSPS) is 15.8. The Hall–Kier alpha value is -2.13. The number of nitrogens with zero attached hydrogens (tertiary/aromatic N) is 4. The quantitative estimate of drug-likeness (QED) is 0.539. The molecule has 2 aromatic heterocycles. The second-order valence-corrected chi connectivity index (χ2v) is 7.34. The van der Waals surface area contributed by atoms with Gasteiger partial charge in [0.05, 0.1) is 12.9 Å². The van der Waals surface area contributed by atoms with Crippen molar-refractivity contribution in [3.63, 3.8) is 0 Å². The lowest BCUT2D eigenvalue weighted by Crippen LogP contribution is -2.47. The fraction of sp³-hybridized carbons (Fsp3) is 0.368. The van der Waals surface area contributed by atoms with Crippen LogP contribution in [0.15, 0.2) is 51.5 Å². The summed E-state index contributed by atoms with van der Waals surface area (Å²) in [6.07, 6.45) is 1.59. The Labute approximate surface area is 173 Å². The summed E-state index contributed by atoms with van der Waals surface area (Å²) >= 11 is 11.2. The molecule has 4 rings (SSSR count). The summed E-state index contributed by atoms with van der Waals surface area (Å²) in [6, 6.07) is 11.0. The highest BCUT2D eigenvalue weighted by molar-refractivity contribution is 7.71. The van der Waals surface area contributed by atoms with Gasteiger partial charge in [-0.05, 0) is 48.6 Å². The van der Waals surface area contributed by atoms with E-state index >= 15 is 0 Å². The number of rotatable bonds is 7. The monoisotopic (exact) mass is 420 g/mol. The third-order valence-corrected chi connectivity index (χ3v) is 5.17. The smallest absolute Gasteiger partial charge is 0.288 e. The molecule has 0 saturated carbocycles. The molecule has 1 fully saturated rings. The van der Waals surface area contributed by atoms with Crippen molar-refractivity contribution in [1.82, 2.24) is 19.6 Å². The van der Waals surface area contributed by atoms with Gasteiger partial charge in [0.2, 0.25) is 0 Å². The molecule has 28 heavy (non-hydrogen) atoms. The molecule has 9 heteroatoms. The lowest BCUT2D eigenvalue weighted by molar-refractivity contribution is 0.0915. The molecule has 0 unspecified atom stereocenters. The molecule has 1 aliphatic heterocycles. The van der Waals surface area contributed by atoms with Crippen molar-refractivity contribution < 1.29 is 13.6 Å². The van der Waals surface area contributed by atoms with Gasteiger partial charge in [0.15, 0.2) is 5.76 Å². The van der Waals surface area contributed by atoms with E-state index in [1.54, 1.807) is 23.1 Å². The zero-order valence-electron chi connectivity index (χ0n) is 15.3. The zero-order valence-corrected chi connectivity index (χ0v) is 16.9. The van der Waals surface area contributed by atoms with Gasteiger partial charge in [-0.15, -0.1) is 5.10 Å². The first-order chi connectivity index (χ1) is 13.7. The van der Waals surface area contributed by atoms with E-state index in [0.29, 0.717) is 34.8 Å². The Kier molecular flexibility index (Phi) is 6.11. The number of ether oxygens (including phenoxy) is 1. The topological polar surface area (TPSA) is 59.8 Å². The van der Waals surface area contributed by atoms with Gasteiger partial charge in [-0.3, -0.25) is 9.80 Å². The molecule has 3 aromatic rings. The second-order valence-electron chi connectivity index (χ2n) is 6.55. The van der Waals surface area contributed by atoms with Crippen LogP contribution in [-0.4, -0.2) is 58.9 Å². The van der Waals surface area contributed by atoms with Crippen molar-refractivity contribution in [2.24, 2.45) is 0 Å². The van der Waals surface area contributed by atoms with Crippen molar-refractivity contribution in [2.45, 2.75) is 6.67 Å². The SMILES string of the molecule is S=c1oc(-c2ccco2)nn1CN1CCN(CCOc2ccc(Cl)cc2)CC1. The van der Waals surface area contributed by atoms with Gasteiger partial charge in [-0.25, -0.2) is 4.68 Å². The highest BCUT2D eigenvalue weighted by atomic mass is 35.5. The van der Waals surface area contributed by atoms with Gasteiger partial charge < -0.3 is 13.6 Å². The Bertz CT molecular complexity index is 931. The van der Waals surface area contributed by atoms with Crippen molar-refractivity contribution in [1.29, 1.82) is 0 Å². The van der Waals surface area contributed by atoms with Gasteiger partial charge in [-0.1, -0.05) is 11.6 Å². The standard InChI is InChI=1S/C19H21ClN4O3S/c20-15-3-5-16(6-4-15)25-13-11-22-7-9-23(10-8-22)14-24-19(28)27-18(21-24)17-2-1-12-26-17/h1-6,12H,7-11,13-14H2. The number of hydrogen-bond acceptors (Lipinski definition) is 7. The summed E-state index contributed by atoms with van der Waals surface area (Å²) in [6.45, 7) is 5.97. The zero-order chi connectivity index (χ0) is 19.3. The van der Waals surface area contributed by atoms with E-state index in [0.717, 1.165) is 38.5 Å². The molecule has 0 amide bonds. The van der Waals surface area contributed by atoms with Crippen LogP contribution in [0.25, 0.3) is 11.7 Å². The lowest BCUT2D eigenvalue weighted by atomic mass is 10.3. The van der Waals surface area contributed by atoms with Crippen LogP contribution in [0.1, 0.15) is 0 Å². The van der Waals surface area contributed by atoms with E-state index in [9.17, 15) is 0 Å². The molecule has 0 aliphatic carbocycles. The maximum Gasteiger partial charge on any atom is 0.288 e. The molecular formula is C19H21ClN4O3S. The largest absolute Gasteiger partial charge is 0.492 e. The molecule has 7 nitrogen and oxygen atoms in total. The number of aromatic nitrogens is 2. The van der Waals surface area contributed by atoms with Crippen LogP contribution in [0, 0.1) is 4.84 Å². The summed E-state index contributed by atoms with van der Waals surface area (Å²) in [4.78, 5) is 5.05. The van der Waals surface area contributed by atoms with Crippen LogP contribution in [0.4, 0.5) is 0 Å². The van der Waals surface area contributed by atoms with Crippen LogP contribution in [-0.2, 0) is 6.67 Å². The van der Waals surface area contributed by atoms with Gasteiger partial charge in [0, 0.05) is 37.7 Å². The lowest BCUT2D eigenvalue weighted by Gasteiger charge is -2.34. The van der Waals surface area contributed by atoms with Crippen LogP contribution < -0.4 is 4.74 Å². The number of halogens is 1. The van der Waals surface area contributed by atoms with Gasteiger partial charge in [-0.2, -0.15) is 0 Å². The van der Waals surface area contributed by atoms with Crippen LogP contribution in [0.5, 0.6) is 5.75 Å². The van der Waals surface area contributed by atoms with Crippen molar-refractivity contribution in [3.8, 4) is 17.4 Å². The number of hydrogen-bond donors (Lipinski definition) is 0. The highest BCUT2D eigenvalue weighted by Gasteiger charge is 2.19. The minimum absolute atomic E-state index is 0.352. The summed E-state index contributed by atoms with van der Waals surface area (Å²) in [5, 5.41) is 5.14. The average Bonchev–Trinajstić information content (AvgIpc) is 3.35. The fourth-order valence-corrected chi connectivity index (χ4v) is 3.37. The number of furan rings is 1. The van der Waals surface area contributed by atoms with Crippen LogP contribution >= 0.6 is 23.8 Å². The molecule has 0 N–H and O–H groups in total. The average molecular weight is 421 g/mol. The van der Waals surface area contributed by atoms with E-state index in [-0.39, 0.29) is 0 Å². The van der Waals surface area contributed by atoms with E-state index in [1.807, 2.05) is 24.3 Å².